The third-order valence-electron chi connectivity index (χ3n) is 4.46. The monoisotopic (exact) mass is 435 g/mol. The molecule has 0 aliphatic heterocycles. The van der Waals surface area contributed by atoms with Crippen LogP contribution in [0.15, 0.2) is 78.5 Å². The molecule has 160 valence electrons. The van der Waals surface area contributed by atoms with E-state index in [2.05, 4.69) is 27.4 Å². The van der Waals surface area contributed by atoms with E-state index < -0.39 is 0 Å². The van der Waals surface area contributed by atoms with Crippen LogP contribution in [-0.4, -0.2) is 38.9 Å². The lowest BCUT2D eigenvalue weighted by Crippen LogP contribution is -2.27. The molecule has 1 aromatic heterocycles. The molecule has 0 spiro atoms. The van der Waals surface area contributed by atoms with Crippen LogP contribution in [0.1, 0.15) is 21.7 Å². The summed E-state index contributed by atoms with van der Waals surface area (Å²) in [6, 6.07) is 19.0. The van der Waals surface area contributed by atoms with Gasteiger partial charge in [0, 0.05) is 18.7 Å². The van der Waals surface area contributed by atoms with Gasteiger partial charge in [0.1, 0.15) is 0 Å². The first kappa shape index (κ1) is 22.3. The van der Waals surface area contributed by atoms with E-state index in [1.807, 2.05) is 53.1 Å². The molecule has 2 N–H and O–H groups in total. The third-order valence-corrected chi connectivity index (χ3v) is 5.43. The van der Waals surface area contributed by atoms with Crippen molar-refractivity contribution in [3.63, 3.8) is 0 Å². The minimum atomic E-state index is -0.180. The topological polar surface area (TPSA) is 88.9 Å². The maximum Gasteiger partial charge on any atom is 0.251 e. The summed E-state index contributed by atoms with van der Waals surface area (Å²) in [5.41, 5.74) is 1.77. The van der Waals surface area contributed by atoms with Crippen LogP contribution in [0.3, 0.4) is 0 Å². The zero-order valence-corrected chi connectivity index (χ0v) is 18.0. The molecule has 1 heterocycles. The predicted molar refractivity (Wildman–Crippen MR) is 122 cm³/mol. The fraction of sp³-hybridized carbons (Fsp3) is 0.217. The Morgan fingerprint density at radius 3 is 2.42 bits per heavy atom. The number of carbonyl (C=O) groups excluding carboxylic acids is 2. The first-order chi connectivity index (χ1) is 15.2. The van der Waals surface area contributed by atoms with Gasteiger partial charge in [-0.05, 0) is 24.1 Å². The molecule has 7 nitrogen and oxygen atoms in total. The van der Waals surface area contributed by atoms with E-state index in [9.17, 15) is 9.59 Å². The second-order valence-electron chi connectivity index (χ2n) is 6.72. The van der Waals surface area contributed by atoms with Crippen molar-refractivity contribution in [2.45, 2.75) is 24.7 Å². The van der Waals surface area contributed by atoms with Gasteiger partial charge in [0.2, 0.25) is 5.91 Å². The van der Waals surface area contributed by atoms with Gasteiger partial charge < -0.3 is 15.2 Å². The number of aromatic nitrogens is 3. The number of hydrogen-bond acceptors (Lipinski definition) is 5. The molecule has 0 aliphatic carbocycles. The van der Waals surface area contributed by atoms with E-state index in [4.69, 9.17) is 0 Å². The number of rotatable bonds is 11. The third kappa shape index (κ3) is 6.82. The molecule has 0 saturated heterocycles. The zero-order valence-electron chi connectivity index (χ0n) is 17.2. The molecule has 2 amide bonds. The number of allylic oxidation sites excluding steroid dienone is 1. The van der Waals surface area contributed by atoms with Crippen molar-refractivity contribution >= 4 is 23.6 Å². The van der Waals surface area contributed by atoms with Crippen molar-refractivity contribution in [1.29, 1.82) is 0 Å². The standard InChI is InChI=1S/C23H25N5O2S/c1-2-15-28-20(16-25-22(30)19-11-7-4-8-12-19)26-27-23(28)31-17-21(29)24-14-13-18-9-5-3-6-10-18/h2-12H,1,13-17H2,(H,24,29)(H,25,30). The van der Waals surface area contributed by atoms with Crippen molar-refractivity contribution in [1.82, 2.24) is 25.4 Å². The summed E-state index contributed by atoms with van der Waals surface area (Å²) >= 11 is 1.31. The van der Waals surface area contributed by atoms with Gasteiger partial charge in [-0.3, -0.25) is 9.59 Å². The Balaban J connectivity index is 1.50. The molecule has 0 atom stereocenters. The van der Waals surface area contributed by atoms with Crippen LogP contribution in [-0.2, 0) is 24.3 Å². The van der Waals surface area contributed by atoms with Crippen molar-refractivity contribution < 1.29 is 9.59 Å². The number of benzene rings is 2. The van der Waals surface area contributed by atoms with Crippen molar-refractivity contribution in [3.8, 4) is 0 Å². The molecule has 31 heavy (non-hydrogen) atoms. The van der Waals surface area contributed by atoms with Gasteiger partial charge in [-0.1, -0.05) is 66.4 Å². The summed E-state index contributed by atoms with van der Waals surface area (Å²) in [4.78, 5) is 24.5. The molecule has 3 rings (SSSR count). The summed E-state index contributed by atoms with van der Waals surface area (Å²) in [5.74, 6) is 0.602. The quantitative estimate of drug-likeness (QED) is 0.357. The average molecular weight is 436 g/mol. The van der Waals surface area contributed by atoms with Gasteiger partial charge in [-0.2, -0.15) is 0 Å². The number of nitrogens with zero attached hydrogens (tertiary/aromatic N) is 3. The van der Waals surface area contributed by atoms with E-state index in [1.54, 1.807) is 18.2 Å². The molecule has 8 heteroatoms. The summed E-state index contributed by atoms with van der Waals surface area (Å²) in [7, 11) is 0. The molecule has 0 aliphatic rings. The fourth-order valence-corrected chi connectivity index (χ4v) is 3.69. The lowest BCUT2D eigenvalue weighted by molar-refractivity contribution is -0.118. The number of nitrogens with one attached hydrogen (secondary N) is 2. The highest BCUT2D eigenvalue weighted by Crippen LogP contribution is 2.17. The normalized spacial score (nSPS) is 10.5. The van der Waals surface area contributed by atoms with Crippen molar-refractivity contribution in [3.05, 3.63) is 90.3 Å². The van der Waals surface area contributed by atoms with Crippen molar-refractivity contribution in [2.24, 2.45) is 0 Å². The average Bonchev–Trinajstić information content (AvgIpc) is 3.19. The molecule has 0 saturated carbocycles. The van der Waals surface area contributed by atoms with E-state index in [-0.39, 0.29) is 24.1 Å². The Morgan fingerprint density at radius 1 is 1.00 bits per heavy atom. The van der Waals surface area contributed by atoms with Crippen LogP contribution in [0.4, 0.5) is 0 Å². The first-order valence-electron chi connectivity index (χ1n) is 9.97. The van der Waals surface area contributed by atoms with Crippen LogP contribution < -0.4 is 10.6 Å². The highest BCUT2D eigenvalue weighted by molar-refractivity contribution is 7.99. The lowest BCUT2D eigenvalue weighted by Gasteiger charge is -2.09. The highest BCUT2D eigenvalue weighted by atomic mass is 32.2. The summed E-state index contributed by atoms with van der Waals surface area (Å²) in [6.07, 6.45) is 2.52. The molecule has 2 aromatic carbocycles. The Bertz CT molecular complexity index is 1010. The van der Waals surface area contributed by atoms with Crippen LogP contribution >= 0.6 is 11.8 Å². The van der Waals surface area contributed by atoms with Crippen LogP contribution in [0.25, 0.3) is 0 Å². The minimum Gasteiger partial charge on any atom is -0.355 e. The fourth-order valence-electron chi connectivity index (χ4n) is 2.89. The number of thioether (sulfide) groups is 1. The van der Waals surface area contributed by atoms with Crippen LogP contribution in [0, 0.1) is 0 Å². The molecular weight excluding hydrogens is 410 g/mol. The van der Waals surface area contributed by atoms with Gasteiger partial charge >= 0.3 is 0 Å². The summed E-state index contributed by atoms with van der Waals surface area (Å²) in [6.45, 7) is 5.08. The van der Waals surface area contributed by atoms with E-state index in [1.165, 1.54) is 17.3 Å². The molecule has 3 aromatic rings. The highest BCUT2D eigenvalue weighted by Gasteiger charge is 2.14. The molecule has 0 bridgehead atoms. The van der Waals surface area contributed by atoms with Gasteiger partial charge in [-0.25, -0.2) is 0 Å². The Labute approximate surface area is 186 Å². The summed E-state index contributed by atoms with van der Waals surface area (Å²) < 4.78 is 1.85. The van der Waals surface area contributed by atoms with Crippen molar-refractivity contribution in [2.75, 3.05) is 12.3 Å². The van der Waals surface area contributed by atoms with Gasteiger partial charge in [0.15, 0.2) is 11.0 Å². The Kier molecular flexibility index (Phi) is 8.42. The zero-order chi connectivity index (χ0) is 21.9. The largest absolute Gasteiger partial charge is 0.355 e. The van der Waals surface area contributed by atoms with Gasteiger partial charge in [0.05, 0.1) is 12.3 Å². The Hall–Kier alpha value is -3.39. The smallest absolute Gasteiger partial charge is 0.251 e. The minimum absolute atomic E-state index is 0.0620. The maximum absolute atomic E-state index is 12.3. The van der Waals surface area contributed by atoms with Crippen LogP contribution in [0.2, 0.25) is 0 Å². The second-order valence-corrected chi connectivity index (χ2v) is 7.66. The predicted octanol–water partition coefficient (Wildman–Crippen LogP) is 2.85. The van der Waals surface area contributed by atoms with E-state index in [0.29, 0.717) is 29.6 Å². The Morgan fingerprint density at radius 2 is 1.71 bits per heavy atom. The van der Waals surface area contributed by atoms with E-state index in [0.717, 1.165) is 6.42 Å². The van der Waals surface area contributed by atoms with E-state index >= 15 is 0 Å². The number of hydrogen-bond donors (Lipinski definition) is 2. The maximum atomic E-state index is 12.3. The number of amides is 2. The number of carbonyl (C=O) groups is 2. The van der Waals surface area contributed by atoms with Gasteiger partial charge in [-0.15, -0.1) is 16.8 Å². The lowest BCUT2D eigenvalue weighted by atomic mass is 10.1. The molecule has 0 unspecified atom stereocenters. The molecule has 0 radical (unpaired) electrons. The SMILES string of the molecule is C=CCn1c(CNC(=O)c2ccccc2)nnc1SCC(=O)NCCc1ccccc1. The van der Waals surface area contributed by atoms with Crippen LogP contribution in [0.5, 0.6) is 0 Å². The van der Waals surface area contributed by atoms with Gasteiger partial charge in [0.25, 0.3) is 5.91 Å². The molecule has 0 fully saturated rings. The summed E-state index contributed by atoms with van der Waals surface area (Å²) in [5, 5.41) is 14.7. The first-order valence-corrected chi connectivity index (χ1v) is 11.0. The second kappa shape index (κ2) is 11.7. The molecular formula is C23H25N5O2S.